The molecule has 1 aromatic carbocycles. The molecule has 4 nitrogen and oxygen atoms in total. The van der Waals surface area contributed by atoms with Gasteiger partial charge >= 0.3 is 0 Å². The molecule has 0 unspecified atom stereocenters. The van der Waals surface area contributed by atoms with Crippen molar-refractivity contribution in [2.75, 3.05) is 0 Å². The van der Waals surface area contributed by atoms with Crippen LogP contribution in [0.5, 0.6) is 0 Å². The smallest absolute Gasteiger partial charge is 0.0724 e. The Bertz CT molecular complexity index is 607. The van der Waals surface area contributed by atoms with Gasteiger partial charge in [0.2, 0.25) is 0 Å². The summed E-state index contributed by atoms with van der Waals surface area (Å²) in [5, 5.41) is 23.0. The van der Waals surface area contributed by atoms with Crippen LogP contribution in [0.15, 0.2) is 12.1 Å². The number of benzene rings is 1. The Morgan fingerprint density at radius 1 is 0.679 bits per heavy atom. The van der Waals surface area contributed by atoms with Gasteiger partial charge in [-0.15, -0.1) is 0 Å². The van der Waals surface area contributed by atoms with Gasteiger partial charge in [0.25, 0.3) is 0 Å². The summed E-state index contributed by atoms with van der Waals surface area (Å²) in [6.07, 6.45) is 15.3. The number of carbonyl (C=O) groups is 2. The van der Waals surface area contributed by atoms with Gasteiger partial charge in [-0.1, -0.05) is 90.2 Å². The molecule has 0 aromatic heterocycles. The topological polar surface area (TPSA) is 80.3 Å². The summed E-state index contributed by atoms with van der Waals surface area (Å²) in [6.45, 7) is 4.30. The molecule has 0 aliphatic heterocycles. The minimum atomic E-state index is -1.45. The standard InChI is InChI=1S/C24H38O4/c1-3-5-7-8-9-10-11-12-13-14-16-20-19(15-6-4-2)17-18-21(23(25)26)22(20)24(27)28/h17-18H,3-16H2,1-2H3,(H,25,26)(H,27,28)/p-2. The first kappa shape index (κ1) is 24.2. The summed E-state index contributed by atoms with van der Waals surface area (Å²) in [4.78, 5) is 23.0. The Hall–Kier alpha value is -1.84. The van der Waals surface area contributed by atoms with E-state index in [2.05, 4.69) is 13.8 Å². The molecule has 0 saturated carbocycles. The monoisotopic (exact) mass is 388 g/mol. The zero-order valence-electron chi connectivity index (χ0n) is 17.7. The summed E-state index contributed by atoms with van der Waals surface area (Å²) in [5.41, 5.74) is 1.13. The SMILES string of the molecule is CCCCCCCCCCCCc1c(CCCC)ccc(C(=O)[O-])c1C(=O)[O-]. The second-order valence-electron chi connectivity index (χ2n) is 7.74. The van der Waals surface area contributed by atoms with Crippen molar-refractivity contribution >= 4 is 11.9 Å². The predicted octanol–water partition coefficient (Wildman–Crippen LogP) is 4.22. The summed E-state index contributed by atoms with van der Waals surface area (Å²) in [6, 6.07) is 3.10. The highest BCUT2D eigenvalue weighted by Gasteiger charge is 2.15. The Morgan fingerprint density at radius 2 is 1.21 bits per heavy atom. The third kappa shape index (κ3) is 8.45. The number of hydrogen-bond donors (Lipinski definition) is 0. The Morgan fingerprint density at radius 3 is 1.71 bits per heavy atom. The largest absolute Gasteiger partial charge is 0.545 e. The lowest BCUT2D eigenvalue weighted by Gasteiger charge is -2.20. The fourth-order valence-electron chi connectivity index (χ4n) is 3.77. The van der Waals surface area contributed by atoms with E-state index in [0.717, 1.165) is 44.1 Å². The van der Waals surface area contributed by atoms with E-state index in [0.29, 0.717) is 12.0 Å². The molecule has 0 fully saturated rings. The van der Waals surface area contributed by atoms with Gasteiger partial charge in [0.05, 0.1) is 11.9 Å². The molecule has 0 heterocycles. The van der Waals surface area contributed by atoms with Crippen LogP contribution in [-0.2, 0) is 12.8 Å². The van der Waals surface area contributed by atoms with Crippen molar-refractivity contribution in [3.05, 3.63) is 34.4 Å². The number of rotatable bonds is 16. The maximum Gasteiger partial charge on any atom is 0.0724 e. The van der Waals surface area contributed by atoms with Crippen LogP contribution in [0.25, 0.3) is 0 Å². The second-order valence-corrected chi connectivity index (χ2v) is 7.74. The number of unbranched alkanes of at least 4 members (excludes halogenated alkanes) is 10. The number of aryl methyl sites for hydroxylation is 1. The molecule has 158 valence electrons. The third-order valence-corrected chi connectivity index (χ3v) is 5.41. The first-order valence-corrected chi connectivity index (χ1v) is 11.1. The lowest BCUT2D eigenvalue weighted by Crippen LogP contribution is -2.31. The maximum absolute atomic E-state index is 11.7. The summed E-state index contributed by atoms with van der Waals surface area (Å²) >= 11 is 0. The lowest BCUT2D eigenvalue weighted by molar-refractivity contribution is -0.259. The van der Waals surface area contributed by atoms with Crippen molar-refractivity contribution < 1.29 is 19.8 Å². The number of aromatic carboxylic acids is 2. The van der Waals surface area contributed by atoms with Crippen molar-refractivity contribution in [2.45, 2.75) is 104 Å². The molecule has 0 amide bonds. The van der Waals surface area contributed by atoms with Gasteiger partial charge in [-0.05, 0) is 36.8 Å². The molecule has 1 aromatic rings. The first-order valence-electron chi connectivity index (χ1n) is 11.1. The van der Waals surface area contributed by atoms with Gasteiger partial charge in [0.15, 0.2) is 0 Å². The van der Waals surface area contributed by atoms with Crippen LogP contribution in [0.2, 0.25) is 0 Å². The predicted molar refractivity (Wildman–Crippen MR) is 109 cm³/mol. The van der Waals surface area contributed by atoms with Crippen molar-refractivity contribution in [3.8, 4) is 0 Å². The van der Waals surface area contributed by atoms with Gasteiger partial charge in [0.1, 0.15) is 0 Å². The molecule has 28 heavy (non-hydrogen) atoms. The molecule has 0 spiro atoms. The number of hydrogen-bond acceptors (Lipinski definition) is 4. The van der Waals surface area contributed by atoms with Gasteiger partial charge in [0, 0.05) is 11.1 Å². The van der Waals surface area contributed by atoms with E-state index >= 15 is 0 Å². The quantitative estimate of drug-likeness (QED) is 0.397. The lowest BCUT2D eigenvalue weighted by atomic mass is 9.89. The summed E-state index contributed by atoms with van der Waals surface area (Å²) in [7, 11) is 0. The van der Waals surface area contributed by atoms with Gasteiger partial charge in [-0.25, -0.2) is 0 Å². The normalized spacial score (nSPS) is 10.9. The van der Waals surface area contributed by atoms with Crippen molar-refractivity contribution in [1.29, 1.82) is 0 Å². The minimum Gasteiger partial charge on any atom is -0.545 e. The number of carboxylic acid groups (broad SMARTS) is 2. The van der Waals surface area contributed by atoms with E-state index < -0.39 is 11.9 Å². The van der Waals surface area contributed by atoms with Crippen molar-refractivity contribution in [3.63, 3.8) is 0 Å². The fraction of sp³-hybridized carbons (Fsp3) is 0.667. The van der Waals surface area contributed by atoms with Crippen LogP contribution < -0.4 is 10.2 Å². The summed E-state index contributed by atoms with van der Waals surface area (Å²) < 4.78 is 0. The molecule has 0 N–H and O–H groups in total. The average molecular weight is 389 g/mol. The number of carbonyl (C=O) groups excluding carboxylic acids is 2. The van der Waals surface area contributed by atoms with Crippen LogP contribution >= 0.6 is 0 Å². The Kier molecular flexibility index (Phi) is 12.3. The third-order valence-electron chi connectivity index (χ3n) is 5.41. The molecule has 0 aliphatic carbocycles. The van der Waals surface area contributed by atoms with E-state index in [-0.39, 0.29) is 11.1 Å². The van der Waals surface area contributed by atoms with E-state index in [1.54, 1.807) is 6.07 Å². The first-order chi connectivity index (χ1) is 13.5. The molecule has 0 bridgehead atoms. The van der Waals surface area contributed by atoms with Crippen LogP contribution in [0.4, 0.5) is 0 Å². The molecule has 1 rings (SSSR count). The molecule has 4 heteroatoms. The molecule has 0 radical (unpaired) electrons. The highest BCUT2D eigenvalue weighted by Crippen LogP contribution is 2.24. The molecular formula is C24H36O4-2. The highest BCUT2D eigenvalue weighted by molar-refractivity contribution is 6.01. The zero-order valence-corrected chi connectivity index (χ0v) is 17.7. The molecule has 0 aliphatic rings. The van der Waals surface area contributed by atoms with Gasteiger partial charge in [-0.2, -0.15) is 0 Å². The van der Waals surface area contributed by atoms with Crippen LogP contribution in [-0.4, -0.2) is 11.9 Å². The number of carboxylic acids is 2. The van der Waals surface area contributed by atoms with Crippen LogP contribution in [0.1, 0.15) is 123 Å². The fourth-order valence-corrected chi connectivity index (χ4v) is 3.77. The molecule has 0 saturated heterocycles. The van der Waals surface area contributed by atoms with Crippen molar-refractivity contribution in [1.82, 2.24) is 0 Å². The van der Waals surface area contributed by atoms with Gasteiger partial charge in [-0.3, -0.25) is 0 Å². The second kappa shape index (κ2) is 14.2. The average Bonchev–Trinajstić information content (AvgIpc) is 2.67. The zero-order chi connectivity index (χ0) is 20.8. The maximum atomic E-state index is 11.7. The Balaban J connectivity index is 2.62. The van der Waals surface area contributed by atoms with E-state index in [9.17, 15) is 19.8 Å². The van der Waals surface area contributed by atoms with E-state index in [4.69, 9.17) is 0 Å². The summed E-state index contributed by atoms with van der Waals surface area (Å²) in [5.74, 6) is -2.87. The Labute approximate surface area is 170 Å². The van der Waals surface area contributed by atoms with E-state index in [1.165, 1.54) is 51.0 Å². The van der Waals surface area contributed by atoms with Crippen molar-refractivity contribution in [2.24, 2.45) is 0 Å². The molecular weight excluding hydrogens is 352 g/mol. The highest BCUT2D eigenvalue weighted by atomic mass is 16.4. The minimum absolute atomic E-state index is 0.176. The van der Waals surface area contributed by atoms with Crippen LogP contribution in [0.3, 0.4) is 0 Å². The van der Waals surface area contributed by atoms with E-state index in [1.807, 2.05) is 0 Å². The molecule has 0 atom stereocenters. The van der Waals surface area contributed by atoms with Gasteiger partial charge < -0.3 is 19.8 Å². The van der Waals surface area contributed by atoms with Crippen LogP contribution in [0, 0.1) is 0 Å².